The molecule has 1 aliphatic heterocycles. The summed E-state index contributed by atoms with van der Waals surface area (Å²) in [5, 5.41) is 10.8. The van der Waals surface area contributed by atoms with E-state index in [1.54, 1.807) is 12.1 Å². The smallest absolute Gasteiger partial charge is 0.239 e. The summed E-state index contributed by atoms with van der Waals surface area (Å²) < 4.78 is 0. The van der Waals surface area contributed by atoms with Crippen molar-refractivity contribution in [2.24, 2.45) is 11.8 Å². The zero-order valence-electron chi connectivity index (χ0n) is 15.7. The second kappa shape index (κ2) is 5.65. The third-order valence-corrected chi connectivity index (χ3v) is 7.06. The first-order valence-corrected chi connectivity index (χ1v) is 9.92. The molecule has 4 aliphatic rings. The predicted octanol–water partition coefficient (Wildman–Crippen LogP) is 3.23. The Bertz CT molecular complexity index is 1120. The highest BCUT2D eigenvalue weighted by Crippen LogP contribution is 2.64. The van der Waals surface area contributed by atoms with Crippen LogP contribution in [0.1, 0.15) is 28.2 Å². The quantitative estimate of drug-likeness (QED) is 0.694. The molecule has 7 rings (SSSR count). The summed E-state index contributed by atoms with van der Waals surface area (Å²) >= 11 is 0. The predicted molar refractivity (Wildman–Crippen MR) is 109 cm³/mol. The van der Waals surface area contributed by atoms with Gasteiger partial charge in [-0.05, 0) is 34.4 Å². The number of amides is 2. The maximum Gasteiger partial charge on any atom is 0.239 e. The molecule has 3 aromatic rings. The number of nitrogens with zero attached hydrogens (tertiary/aromatic N) is 1. The summed E-state index contributed by atoms with van der Waals surface area (Å²) in [5.74, 6) is -1.66. The van der Waals surface area contributed by atoms with Crippen LogP contribution in [0.15, 0.2) is 78.9 Å². The first kappa shape index (κ1) is 16.7. The van der Waals surface area contributed by atoms with E-state index < -0.39 is 17.3 Å². The molecule has 4 nitrogen and oxygen atoms in total. The van der Waals surface area contributed by atoms with Gasteiger partial charge >= 0.3 is 0 Å². The molecule has 3 aliphatic carbocycles. The summed E-state index contributed by atoms with van der Waals surface area (Å²) in [4.78, 5) is 28.7. The summed E-state index contributed by atoms with van der Waals surface area (Å²) in [6.07, 6.45) is 0. The van der Waals surface area contributed by atoms with Gasteiger partial charge in [0.05, 0.1) is 29.5 Å². The van der Waals surface area contributed by atoms with Crippen LogP contribution in [-0.4, -0.2) is 23.5 Å². The Labute approximate surface area is 168 Å². The highest BCUT2D eigenvalue weighted by Gasteiger charge is 2.68. The fourth-order valence-electron chi connectivity index (χ4n) is 6.03. The van der Waals surface area contributed by atoms with Crippen molar-refractivity contribution in [3.8, 4) is 0 Å². The Morgan fingerprint density at radius 1 is 0.759 bits per heavy atom. The van der Waals surface area contributed by atoms with E-state index >= 15 is 0 Å². The van der Waals surface area contributed by atoms with E-state index in [2.05, 4.69) is 0 Å². The molecular formula is C25H19NO3. The Morgan fingerprint density at radius 2 is 1.31 bits per heavy atom. The zero-order valence-corrected chi connectivity index (χ0v) is 15.7. The van der Waals surface area contributed by atoms with E-state index in [4.69, 9.17) is 0 Å². The standard InChI is InChI=1S/C25H19NO3/c27-14-25-18-12-6-4-10-16(18)20(17-11-5-7-13-19(17)25)21-22(25)24(29)26(23(21)28)15-8-2-1-3-9-15/h1-13,20-22,27H,14H2/t20?,21-,22+,25?/m1/s1. The van der Waals surface area contributed by atoms with Gasteiger partial charge in [0.15, 0.2) is 0 Å². The van der Waals surface area contributed by atoms with Gasteiger partial charge in [0, 0.05) is 5.92 Å². The van der Waals surface area contributed by atoms with Gasteiger partial charge < -0.3 is 5.11 Å². The van der Waals surface area contributed by atoms with E-state index in [0.717, 1.165) is 22.3 Å². The number of hydrogen-bond donors (Lipinski definition) is 1. The lowest BCUT2D eigenvalue weighted by Gasteiger charge is -2.53. The molecule has 2 amide bonds. The molecule has 1 saturated heterocycles. The van der Waals surface area contributed by atoms with Gasteiger partial charge in [0.25, 0.3) is 0 Å². The minimum absolute atomic E-state index is 0.168. The number of imide groups is 1. The Hall–Kier alpha value is -3.24. The van der Waals surface area contributed by atoms with Crippen LogP contribution in [0.4, 0.5) is 5.69 Å². The molecule has 2 bridgehead atoms. The highest BCUT2D eigenvalue weighted by atomic mass is 16.3. The molecule has 0 radical (unpaired) electrons. The van der Waals surface area contributed by atoms with Crippen molar-refractivity contribution in [3.05, 3.63) is 101 Å². The molecule has 0 unspecified atom stereocenters. The van der Waals surface area contributed by atoms with Crippen LogP contribution >= 0.6 is 0 Å². The molecule has 29 heavy (non-hydrogen) atoms. The van der Waals surface area contributed by atoms with Gasteiger partial charge in [0.2, 0.25) is 11.8 Å². The van der Waals surface area contributed by atoms with E-state index in [1.807, 2.05) is 66.7 Å². The molecule has 142 valence electrons. The Kier molecular flexibility index (Phi) is 3.25. The van der Waals surface area contributed by atoms with Crippen molar-refractivity contribution in [1.29, 1.82) is 0 Å². The molecule has 0 spiro atoms. The molecule has 3 aromatic carbocycles. The zero-order chi connectivity index (χ0) is 19.8. The topological polar surface area (TPSA) is 57.6 Å². The van der Waals surface area contributed by atoms with Gasteiger partial charge in [-0.15, -0.1) is 0 Å². The summed E-state index contributed by atoms with van der Waals surface area (Å²) in [5.41, 5.74) is 3.75. The number of benzene rings is 3. The molecular weight excluding hydrogens is 362 g/mol. The second-order valence-electron chi connectivity index (χ2n) is 8.13. The van der Waals surface area contributed by atoms with Gasteiger partial charge in [0.1, 0.15) is 0 Å². The van der Waals surface area contributed by atoms with Crippen molar-refractivity contribution in [2.75, 3.05) is 11.5 Å². The van der Waals surface area contributed by atoms with Crippen molar-refractivity contribution in [2.45, 2.75) is 11.3 Å². The Balaban J connectivity index is 1.66. The largest absolute Gasteiger partial charge is 0.395 e. The maximum absolute atomic E-state index is 13.7. The molecule has 4 heteroatoms. The van der Waals surface area contributed by atoms with E-state index in [-0.39, 0.29) is 24.3 Å². The number of aliphatic hydroxyl groups excluding tert-OH is 1. The first-order chi connectivity index (χ1) is 14.2. The van der Waals surface area contributed by atoms with Gasteiger partial charge in [-0.2, -0.15) is 0 Å². The van der Waals surface area contributed by atoms with E-state index in [1.165, 1.54) is 4.90 Å². The number of rotatable bonds is 2. The van der Waals surface area contributed by atoms with Crippen molar-refractivity contribution in [1.82, 2.24) is 0 Å². The lowest BCUT2D eigenvalue weighted by Crippen LogP contribution is -2.55. The van der Waals surface area contributed by atoms with Crippen molar-refractivity contribution >= 4 is 17.5 Å². The van der Waals surface area contributed by atoms with Gasteiger partial charge in [-0.3, -0.25) is 9.59 Å². The normalized spacial score (nSPS) is 28.9. The third kappa shape index (κ3) is 1.83. The maximum atomic E-state index is 13.7. The van der Waals surface area contributed by atoms with E-state index in [0.29, 0.717) is 5.69 Å². The number of carbonyl (C=O) groups excluding carboxylic acids is 2. The van der Waals surface area contributed by atoms with Crippen LogP contribution in [-0.2, 0) is 15.0 Å². The van der Waals surface area contributed by atoms with Crippen LogP contribution in [0.25, 0.3) is 0 Å². The molecule has 2 atom stereocenters. The van der Waals surface area contributed by atoms with Crippen molar-refractivity contribution in [3.63, 3.8) is 0 Å². The minimum atomic E-state index is -0.900. The number of para-hydroxylation sites is 1. The number of hydrogen-bond acceptors (Lipinski definition) is 3. The summed E-state index contributed by atoms with van der Waals surface area (Å²) in [7, 11) is 0. The molecule has 0 aromatic heterocycles. The van der Waals surface area contributed by atoms with E-state index in [9.17, 15) is 14.7 Å². The van der Waals surface area contributed by atoms with Gasteiger partial charge in [-0.25, -0.2) is 4.90 Å². The van der Waals surface area contributed by atoms with Crippen LogP contribution < -0.4 is 4.90 Å². The number of anilines is 1. The number of aliphatic hydroxyl groups is 1. The van der Waals surface area contributed by atoms with Crippen molar-refractivity contribution < 1.29 is 14.7 Å². The fraction of sp³-hybridized carbons (Fsp3) is 0.200. The summed E-state index contributed by atoms with van der Waals surface area (Å²) in [6.45, 7) is -0.212. The van der Waals surface area contributed by atoms with Crippen LogP contribution in [0, 0.1) is 11.8 Å². The number of carbonyl (C=O) groups is 2. The SMILES string of the molecule is O=C1[C@@H]2C3c4ccccc4C(CO)(c4ccccc43)[C@@H]2C(=O)N1c1ccccc1. The fourth-order valence-corrected chi connectivity index (χ4v) is 6.03. The van der Waals surface area contributed by atoms with Crippen LogP contribution in [0.5, 0.6) is 0 Å². The molecule has 1 heterocycles. The average molecular weight is 381 g/mol. The van der Waals surface area contributed by atoms with Crippen LogP contribution in [0.3, 0.4) is 0 Å². The second-order valence-corrected chi connectivity index (χ2v) is 8.13. The average Bonchev–Trinajstić information content (AvgIpc) is 3.05. The minimum Gasteiger partial charge on any atom is -0.395 e. The first-order valence-electron chi connectivity index (χ1n) is 9.92. The molecule has 1 fully saturated rings. The third-order valence-electron chi connectivity index (χ3n) is 7.06. The molecule has 0 saturated carbocycles. The lowest BCUT2D eigenvalue weighted by atomic mass is 9.47. The van der Waals surface area contributed by atoms with Crippen LogP contribution in [0.2, 0.25) is 0 Å². The summed E-state index contributed by atoms with van der Waals surface area (Å²) in [6, 6.07) is 25.1. The Morgan fingerprint density at radius 3 is 1.90 bits per heavy atom. The monoisotopic (exact) mass is 381 g/mol. The molecule has 1 N–H and O–H groups in total. The lowest BCUT2D eigenvalue weighted by molar-refractivity contribution is -0.124. The highest BCUT2D eigenvalue weighted by molar-refractivity contribution is 6.23. The van der Waals surface area contributed by atoms with Gasteiger partial charge in [-0.1, -0.05) is 66.7 Å².